The first kappa shape index (κ1) is 18.8. The molecule has 0 bridgehead atoms. The minimum Gasteiger partial charge on any atom is -0.367 e. The lowest BCUT2D eigenvalue weighted by Gasteiger charge is -2.24. The van der Waals surface area contributed by atoms with E-state index in [1.807, 2.05) is 13.0 Å². The normalized spacial score (nSPS) is 12.3. The van der Waals surface area contributed by atoms with Crippen LogP contribution in [0.2, 0.25) is 0 Å². The second-order valence-electron chi connectivity index (χ2n) is 4.33. The van der Waals surface area contributed by atoms with E-state index in [-0.39, 0.29) is 26.3 Å². The molecule has 0 amide bonds. The van der Waals surface area contributed by atoms with Gasteiger partial charge in [-0.25, -0.2) is 8.37 Å². The van der Waals surface area contributed by atoms with E-state index in [2.05, 4.69) is 8.37 Å². The smallest absolute Gasteiger partial charge is 0.367 e. The molecule has 0 saturated carbocycles. The zero-order valence-electron chi connectivity index (χ0n) is 11.7. The van der Waals surface area contributed by atoms with Crippen LogP contribution < -0.4 is 4.90 Å². The number of hydrogen-bond acceptors (Lipinski definition) is 7. The van der Waals surface area contributed by atoms with E-state index in [1.54, 1.807) is 23.1 Å². The molecule has 0 radical (unpaired) electrons. The van der Waals surface area contributed by atoms with Crippen LogP contribution in [0, 0.1) is 6.92 Å². The molecule has 0 saturated heterocycles. The van der Waals surface area contributed by atoms with Gasteiger partial charge in [0, 0.05) is 18.8 Å². The highest BCUT2D eigenvalue weighted by molar-refractivity contribution is 7.81. The topological polar surface area (TPSA) is 130 Å². The first-order chi connectivity index (χ1) is 10.1. The summed E-state index contributed by atoms with van der Waals surface area (Å²) in [5.41, 5.74) is 1.62. The van der Waals surface area contributed by atoms with E-state index in [0.717, 1.165) is 5.56 Å². The summed E-state index contributed by atoms with van der Waals surface area (Å²) < 4.78 is 67.6. The van der Waals surface area contributed by atoms with Crippen LogP contribution in [0.3, 0.4) is 0 Å². The van der Waals surface area contributed by atoms with Gasteiger partial charge < -0.3 is 4.90 Å². The quantitative estimate of drug-likeness (QED) is 0.606. The summed E-state index contributed by atoms with van der Waals surface area (Å²) in [5.74, 6) is 0. The molecule has 11 heteroatoms. The van der Waals surface area contributed by atoms with Crippen LogP contribution in [-0.2, 0) is 29.2 Å². The number of nitrogens with zero attached hydrogens (tertiary/aromatic N) is 1. The molecule has 0 unspecified atom stereocenters. The Balaban J connectivity index is 2.72. The lowest BCUT2D eigenvalue weighted by Crippen LogP contribution is -2.32. The van der Waals surface area contributed by atoms with Crippen molar-refractivity contribution in [1.82, 2.24) is 0 Å². The summed E-state index contributed by atoms with van der Waals surface area (Å²) in [6, 6.07) is 7.14. The van der Waals surface area contributed by atoms with Crippen molar-refractivity contribution in [2.24, 2.45) is 0 Å². The Morgan fingerprint density at radius 3 is 1.91 bits per heavy atom. The maximum absolute atomic E-state index is 10.5. The average Bonchev–Trinajstić information content (AvgIpc) is 2.34. The van der Waals surface area contributed by atoms with E-state index in [4.69, 9.17) is 9.11 Å². The van der Waals surface area contributed by atoms with Crippen molar-refractivity contribution in [3.63, 3.8) is 0 Å². The van der Waals surface area contributed by atoms with Crippen LogP contribution in [-0.4, -0.2) is 52.2 Å². The number of benzene rings is 1. The van der Waals surface area contributed by atoms with Crippen LogP contribution in [0.1, 0.15) is 5.56 Å². The van der Waals surface area contributed by atoms with Crippen molar-refractivity contribution >= 4 is 26.5 Å². The first-order valence-electron chi connectivity index (χ1n) is 6.12. The van der Waals surface area contributed by atoms with Crippen LogP contribution in [0.4, 0.5) is 5.69 Å². The summed E-state index contributed by atoms with van der Waals surface area (Å²) in [6.45, 7) is 1.29. The van der Waals surface area contributed by atoms with Crippen molar-refractivity contribution < 1.29 is 34.3 Å². The van der Waals surface area contributed by atoms with Crippen LogP contribution >= 0.6 is 0 Å². The highest BCUT2D eigenvalue weighted by Crippen LogP contribution is 2.15. The minimum absolute atomic E-state index is 0.0537. The Labute approximate surface area is 129 Å². The van der Waals surface area contributed by atoms with Crippen molar-refractivity contribution in [1.29, 1.82) is 0 Å². The Morgan fingerprint density at radius 2 is 1.50 bits per heavy atom. The predicted octanol–water partition coefficient (Wildman–Crippen LogP) is 0.440. The second-order valence-corrected chi connectivity index (χ2v) is 6.51. The van der Waals surface area contributed by atoms with Gasteiger partial charge in [-0.05, 0) is 24.6 Å². The zero-order valence-corrected chi connectivity index (χ0v) is 13.4. The molecule has 2 N–H and O–H groups in total. The predicted molar refractivity (Wildman–Crippen MR) is 78.4 cm³/mol. The molecule has 0 spiro atoms. The lowest BCUT2D eigenvalue weighted by molar-refractivity contribution is 0.261. The summed E-state index contributed by atoms with van der Waals surface area (Å²) >= 11 is 0. The molecule has 0 aliphatic rings. The molecule has 22 heavy (non-hydrogen) atoms. The van der Waals surface area contributed by atoms with Gasteiger partial charge in [-0.3, -0.25) is 9.11 Å². The fraction of sp³-hybridized carbons (Fsp3) is 0.455. The molecule has 0 aliphatic carbocycles. The highest BCUT2D eigenvalue weighted by Gasteiger charge is 2.12. The Bertz CT molecular complexity index is 648. The van der Waals surface area contributed by atoms with Crippen molar-refractivity contribution in [3.8, 4) is 0 Å². The van der Waals surface area contributed by atoms with Gasteiger partial charge in [0.1, 0.15) is 0 Å². The van der Waals surface area contributed by atoms with Gasteiger partial charge >= 0.3 is 20.8 Å². The van der Waals surface area contributed by atoms with Crippen molar-refractivity contribution in [3.05, 3.63) is 29.8 Å². The molecule has 0 aliphatic heterocycles. The van der Waals surface area contributed by atoms with E-state index in [9.17, 15) is 16.8 Å². The Kier molecular flexibility index (Phi) is 6.71. The molecule has 0 heterocycles. The van der Waals surface area contributed by atoms with Gasteiger partial charge in [-0.15, -0.1) is 0 Å². The summed E-state index contributed by atoms with van der Waals surface area (Å²) in [7, 11) is -9.10. The van der Waals surface area contributed by atoms with Gasteiger partial charge in [0.25, 0.3) is 0 Å². The minimum atomic E-state index is -4.55. The fourth-order valence-electron chi connectivity index (χ4n) is 1.70. The van der Waals surface area contributed by atoms with Gasteiger partial charge in [0.2, 0.25) is 0 Å². The number of aryl methyl sites for hydroxylation is 1. The van der Waals surface area contributed by atoms with Gasteiger partial charge in [-0.2, -0.15) is 16.8 Å². The maximum atomic E-state index is 10.5. The molecule has 0 atom stereocenters. The van der Waals surface area contributed by atoms with E-state index in [0.29, 0.717) is 5.69 Å². The summed E-state index contributed by atoms with van der Waals surface area (Å²) in [5, 5.41) is 0. The highest BCUT2D eigenvalue weighted by atomic mass is 32.3. The summed E-state index contributed by atoms with van der Waals surface area (Å²) in [4.78, 5) is 1.59. The second kappa shape index (κ2) is 7.85. The molecular formula is C11H17NO8S2. The van der Waals surface area contributed by atoms with Crippen LogP contribution in [0.25, 0.3) is 0 Å². The Hall–Kier alpha value is -1.24. The Morgan fingerprint density at radius 1 is 1.00 bits per heavy atom. The molecule has 0 fully saturated rings. The van der Waals surface area contributed by atoms with Crippen molar-refractivity contribution in [2.75, 3.05) is 31.2 Å². The molecular weight excluding hydrogens is 338 g/mol. The SMILES string of the molecule is Cc1cccc(N(CCOS(=O)(=O)O)CCOS(=O)(=O)O)c1. The lowest BCUT2D eigenvalue weighted by atomic mass is 10.2. The van der Waals surface area contributed by atoms with E-state index < -0.39 is 20.8 Å². The third-order valence-electron chi connectivity index (χ3n) is 2.55. The zero-order chi connectivity index (χ0) is 16.8. The standard InChI is InChI=1S/C11H17NO8S2/c1-10-3-2-4-11(9-10)12(5-7-19-21(13,14)15)6-8-20-22(16,17)18/h2-4,9H,5-8H2,1H3,(H,13,14,15)(H,16,17,18). The van der Waals surface area contributed by atoms with Gasteiger partial charge in [0.05, 0.1) is 13.2 Å². The fourth-order valence-corrected chi connectivity index (χ4v) is 2.27. The number of anilines is 1. The summed E-state index contributed by atoms with van der Waals surface area (Å²) in [6.07, 6.45) is 0. The molecule has 1 aromatic rings. The van der Waals surface area contributed by atoms with E-state index >= 15 is 0 Å². The third kappa shape index (κ3) is 8.26. The van der Waals surface area contributed by atoms with E-state index in [1.165, 1.54) is 0 Å². The molecule has 126 valence electrons. The number of rotatable bonds is 9. The number of hydrogen-bond donors (Lipinski definition) is 2. The largest absolute Gasteiger partial charge is 0.397 e. The molecule has 1 aromatic carbocycles. The maximum Gasteiger partial charge on any atom is 0.397 e. The first-order valence-corrected chi connectivity index (χ1v) is 8.85. The monoisotopic (exact) mass is 355 g/mol. The third-order valence-corrected chi connectivity index (χ3v) is 3.48. The molecule has 1 rings (SSSR count). The van der Waals surface area contributed by atoms with Gasteiger partial charge in [0.15, 0.2) is 0 Å². The molecule has 0 aromatic heterocycles. The van der Waals surface area contributed by atoms with Crippen molar-refractivity contribution in [2.45, 2.75) is 6.92 Å². The molecule has 9 nitrogen and oxygen atoms in total. The van der Waals surface area contributed by atoms with Crippen LogP contribution in [0.5, 0.6) is 0 Å². The van der Waals surface area contributed by atoms with Crippen LogP contribution in [0.15, 0.2) is 24.3 Å². The van der Waals surface area contributed by atoms with Gasteiger partial charge in [-0.1, -0.05) is 12.1 Å². The average molecular weight is 355 g/mol.